The molecule has 1 aliphatic rings. The maximum absolute atomic E-state index is 5.67. The third-order valence-electron chi connectivity index (χ3n) is 2.12. The van der Waals surface area contributed by atoms with E-state index in [-0.39, 0.29) is 0 Å². The van der Waals surface area contributed by atoms with Crippen molar-refractivity contribution in [1.29, 1.82) is 0 Å². The fourth-order valence-corrected chi connectivity index (χ4v) is 2.14. The summed E-state index contributed by atoms with van der Waals surface area (Å²) in [6.07, 6.45) is 2.16. The van der Waals surface area contributed by atoms with Gasteiger partial charge in [-0.3, -0.25) is 0 Å². The zero-order chi connectivity index (χ0) is 8.55. The number of aryl methyl sites for hydroxylation is 1. The largest absolute Gasteiger partial charge is 0.359 e. The number of nitrogens with one attached hydrogen (secondary N) is 1. The molecule has 2 rings (SSSR count). The van der Waals surface area contributed by atoms with Crippen LogP contribution in [0.3, 0.4) is 0 Å². The van der Waals surface area contributed by atoms with Crippen molar-refractivity contribution in [2.45, 2.75) is 31.8 Å². The van der Waals surface area contributed by atoms with Crippen LogP contribution in [0.25, 0.3) is 0 Å². The average Bonchev–Trinajstić information content (AvgIpc) is 2.33. The molecule has 0 radical (unpaired) electrons. The molecule has 0 spiro atoms. The van der Waals surface area contributed by atoms with Crippen LogP contribution in [-0.2, 0) is 0 Å². The van der Waals surface area contributed by atoms with Crippen LogP contribution in [0.15, 0.2) is 5.38 Å². The van der Waals surface area contributed by atoms with E-state index in [1.54, 1.807) is 11.3 Å². The third-order valence-corrected chi connectivity index (χ3v) is 3.01. The highest BCUT2D eigenvalue weighted by Gasteiger charge is 2.25. The van der Waals surface area contributed by atoms with Gasteiger partial charge in [0.05, 0.1) is 5.69 Å². The Balaban J connectivity index is 1.88. The van der Waals surface area contributed by atoms with Crippen LogP contribution in [0.5, 0.6) is 0 Å². The minimum absolute atomic E-state index is 0.406. The van der Waals surface area contributed by atoms with Crippen molar-refractivity contribution in [3.63, 3.8) is 0 Å². The van der Waals surface area contributed by atoms with E-state index < -0.39 is 0 Å². The Morgan fingerprint density at radius 1 is 1.67 bits per heavy atom. The normalized spacial score (nSPS) is 28.2. The highest BCUT2D eigenvalue weighted by atomic mass is 32.1. The lowest BCUT2D eigenvalue weighted by atomic mass is 9.88. The van der Waals surface area contributed by atoms with Gasteiger partial charge < -0.3 is 11.1 Å². The molecule has 1 heterocycles. The molecular formula is C8H13N3S. The lowest BCUT2D eigenvalue weighted by Crippen LogP contribution is -2.44. The van der Waals surface area contributed by atoms with Crippen LogP contribution in [0.2, 0.25) is 0 Å². The van der Waals surface area contributed by atoms with Gasteiger partial charge in [-0.2, -0.15) is 0 Å². The summed E-state index contributed by atoms with van der Waals surface area (Å²) in [5.74, 6) is 0. The summed E-state index contributed by atoms with van der Waals surface area (Å²) in [6, 6.07) is 0.967. The second kappa shape index (κ2) is 3.03. The van der Waals surface area contributed by atoms with Gasteiger partial charge in [-0.1, -0.05) is 0 Å². The summed E-state index contributed by atoms with van der Waals surface area (Å²) >= 11 is 1.67. The Morgan fingerprint density at radius 3 is 2.92 bits per heavy atom. The van der Waals surface area contributed by atoms with Crippen LogP contribution in [0.4, 0.5) is 5.13 Å². The van der Waals surface area contributed by atoms with E-state index in [1.165, 1.54) is 0 Å². The molecule has 1 saturated carbocycles. The number of hydrogen-bond acceptors (Lipinski definition) is 4. The number of hydrogen-bond donors (Lipinski definition) is 2. The van der Waals surface area contributed by atoms with Gasteiger partial charge in [-0.15, -0.1) is 11.3 Å². The molecule has 0 bridgehead atoms. The van der Waals surface area contributed by atoms with Gasteiger partial charge in [0.15, 0.2) is 5.13 Å². The molecule has 1 aliphatic carbocycles. The first-order chi connectivity index (χ1) is 5.74. The van der Waals surface area contributed by atoms with Crippen molar-refractivity contribution in [3.8, 4) is 0 Å². The van der Waals surface area contributed by atoms with Crippen molar-refractivity contribution in [1.82, 2.24) is 4.98 Å². The van der Waals surface area contributed by atoms with Gasteiger partial charge in [0, 0.05) is 17.5 Å². The van der Waals surface area contributed by atoms with Gasteiger partial charge >= 0.3 is 0 Å². The summed E-state index contributed by atoms with van der Waals surface area (Å²) in [4.78, 5) is 4.32. The summed E-state index contributed by atoms with van der Waals surface area (Å²) in [7, 11) is 0. The molecular weight excluding hydrogens is 170 g/mol. The summed E-state index contributed by atoms with van der Waals surface area (Å²) < 4.78 is 0. The van der Waals surface area contributed by atoms with Crippen molar-refractivity contribution < 1.29 is 0 Å². The highest BCUT2D eigenvalue weighted by Crippen LogP contribution is 2.24. The minimum atomic E-state index is 0.406. The molecule has 1 fully saturated rings. The van der Waals surface area contributed by atoms with Crippen LogP contribution in [0.1, 0.15) is 18.5 Å². The summed E-state index contributed by atoms with van der Waals surface area (Å²) in [6.45, 7) is 2.01. The molecule has 0 aliphatic heterocycles. The van der Waals surface area contributed by atoms with Gasteiger partial charge in [0.1, 0.15) is 0 Å². The highest BCUT2D eigenvalue weighted by molar-refractivity contribution is 7.13. The molecule has 3 nitrogen and oxygen atoms in total. The van der Waals surface area contributed by atoms with E-state index in [2.05, 4.69) is 15.7 Å². The van der Waals surface area contributed by atoms with E-state index in [0.29, 0.717) is 12.1 Å². The van der Waals surface area contributed by atoms with E-state index in [4.69, 9.17) is 5.73 Å². The van der Waals surface area contributed by atoms with E-state index in [1.807, 2.05) is 6.92 Å². The lowest BCUT2D eigenvalue weighted by Gasteiger charge is -2.32. The van der Waals surface area contributed by atoms with Gasteiger partial charge in [-0.25, -0.2) is 4.98 Å². The fourth-order valence-electron chi connectivity index (χ4n) is 1.37. The number of nitrogens with two attached hydrogens (primary N) is 1. The molecule has 1 aromatic rings. The first-order valence-corrected chi connectivity index (χ1v) is 5.06. The van der Waals surface area contributed by atoms with Crippen molar-refractivity contribution in [2.24, 2.45) is 5.73 Å². The molecule has 0 aromatic carbocycles. The summed E-state index contributed by atoms with van der Waals surface area (Å²) in [5, 5.41) is 6.45. The molecule has 0 saturated heterocycles. The topological polar surface area (TPSA) is 50.9 Å². The molecule has 12 heavy (non-hydrogen) atoms. The first kappa shape index (κ1) is 8.01. The SMILES string of the molecule is Cc1csc(NC2CC(N)C2)n1. The number of rotatable bonds is 2. The van der Waals surface area contributed by atoms with Crippen molar-refractivity contribution in [3.05, 3.63) is 11.1 Å². The van der Waals surface area contributed by atoms with Gasteiger partial charge in [0.25, 0.3) is 0 Å². The molecule has 0 atom stereocenters. The van der Waals surface area contributed by atoms with Crippen LogP contribution in [-0.4, -0.2) is 17.1 Å². The average molecular weight is 183 g/mol. The molecule has 3 N–H and O–H groups in total. The predicted octanol–water partition coefficient (Wildman–Crippen LogP) is 1.35. The first-order valence-electron chi connectivity index (χ1n) is 4.18. The zero-order valence-corrected chi connectivity index (χ0v) is 7.90. The van der Waals surface area contributed by atoms with Crippen LogP contribution >= 0.6 is 11.3 Å². The Hall–Kier alpha value is -0.610. The van der Waals surface area contributed by atoms with E-state index in [9.17, 15) is 0 Å². The number of nitrogens with zero attached hydrogens (tertiary/aromatic N) is 1. The number of thiazole rings is 1. The Labute approximate surface area is 76.0 Å². The Morgan fingerprint density at radius 2 is 2.42 bits per heavy atom. The van der Waals surface area contributed by atoms with Crippen LogP contribution in [0, 0.1) is 6.92 Å². The maximum atomic E-state index is 5.67. The second-order valence-corrected chi connectivity index (χ2v) is 4.22. The Kier molecular flexibility index (Phi) is 2.02. The monoisotopic (exact) mass is 183 g/mol. The van der Waals surface area contributed by atoms with Gasteiger partial charge in [0.2, 0.25) is 0 Å². The molecule has 0 unspecified atom stereocenters. The lowest BCUT2D eigenvalue weighted by molar-refractivity contribution is 0.373. The fraction of sp³-hybridized carbons (Fsp3) is 0.625. The maximum Gasteiger partial charge on any atom is 0.183 e. The number of aromatic nitrogens is 1. The summed E-state index contributed by atoms with van der Waals surface area (Å²) in [5.41, 5.74) is 6.76. The number of anilines is 1. The van der Waals surface area contributed by atoms with Crippen molar-refractivity contribution >= 4 is 16.5 Å². The van der Waals surface area contributed by atoms with Crippen molar-refractivity contribution in [2.75, 3.05) is 5.32 Å². The smallest absolute Gasteiger partial charge is 0.183 e. The standard InChI is InChI=1S/C8H13N3S/c1-5-4-12-8(10-5)11-7-2-6(9)3-7/h4,6-7H,2-3,9H2,1H3,(H,10,11). The third kappa shape index (κ3) is 1.59. The molecule has 0 amide bonds. The minimum Gasteiger partial charge on any atom is -0.359 e. The molecule has 66 valence electrons. The van der Waals surface area contributed by atoms with Crippen LogP contribution < -0.4 is 11.1 Å². The molecule has 1 aromatic heterocycles. The quantitative estimate of drug-likeness (QED) is 0.727. The zero-order valence-electron chi connectivity index (χ0n) is 7.08. The van der Waals surface area contributed by atoms with E-state index in [0.717, 1.165) is 23.7 Å². The predicted molar refractivity (Wildman–Crippen MR) is 51.5 cm³/mol. The van der Waals surface area contributed by atoms with E-state index >= 15 is 0 Å². The van der Waals surface area contributed by atoms with Gasteiger partial charge in [-0.05, 0) is 19.8 Å². The second-order valence-electron chi connectivity index (χ2n) is 3.37. The molecule has 4 heteroatoms. The Bertz CT molecular complexity index is 265.